The van der Waals surface area contributed by atoms with E-state index in [1.54, 1.807) is 0 Å². The molecule has 0 radical (unpaired) electrons. The van der Waals surface area contributed by atoms with Crippen molar-refractivity contribution in [3.8, 4) is 11.3 Å². The summed E-state index contributed by atoms with van der Waals surface area (Å²) in [5, 5.41) is 7.68. The van der Waals surface area contributed by atoms with E-state index >= 15 is 0 Å². The van der Waals surface area contributed by atoms with Crippen LogP contribution in [0.5, 0.6) is 0 Å². The van der Waals surface area contributed by atoms with Gasteiger partial charge in [-0.25, -0.2) is 0 Å². The molecule has 1 saturated heterocycles. The van der Waals surface area contributed by atoms with Crippen LogP contribution in [0.25, 0.3) is 11.3 Å². The molecule has 1 amide bonds. The van der Waals surface area contributed by atoms with Gasteiger partial charge in [-0.2, -0.15) is 5.10 Å². The Labute approximate surface area is 162 Å². The van der Waals surface area contributed by atoms with Crippen LogP contribution < -0.4 is 5.32 Å². The van der Waals surface area contributed by atoms with Gasteiger partial charge in [-0.1, -0.05) is 36.2 Å². The van der Waals surface area contributed by atoms with Crippen molar-refractivity contribution in [1.82, 2.24) is 20.0 Å². The normalized spacial score (nSPS) is 17.8. The first-order valence-electron chi connectivity index (χ1n) is 10.1. The molecule has 1 aromatic carbocycles. The summed E-state index contributed by atoms with van der Waals surface area (Å²) in [6.45, 7) is 7.22. The van der Waals surface area contributed by atoms with Crippen molar-refractivity contribution in [2.45, 2.75) is 52.0 Å². The van der Waals surface area contributed by atoms with Crippen LogP contribution >= 0.6 is 0 Å². The molecular formula is C22H32N4O. The van der Waals surface area contributed by atoms with E-state index in [9.17, 15) is 4.79 Å². The van der Waals surface area contributed by atoms with E-state index in [1.165, 1.54) is 24.8 Å². The maximum Gasteiger partial charge on any atom is 0.220 e. The highest BCUT2D eigenvalue weighted by Gasteiger charge is 2.17. The van der Waals surface area contributed by atoms with E-state index in [-0.39, 0.29) is 5.91 Å². The van der Waals surface area contributed by atoms with Crippen molar-refractivity contribution >= 4 is 5.91 Å². The average molecular weight is 369 g/mol. The summed E-state index contributed by atoms with van der Waals surface area (Å²) in [6, 6.07) is 9.04. The molecule has 0 aliphatic carbocycles. The third kappa shape index (κ3) is 5.42. The maximum absolute atomic E-state index is 12.3. The highest BCUT2D eigenvalue weighted by Crippen LogP contribution is 2.23. The van der Waals surface area contributed by atoms with Gasteiger partial charge < -0.3 is 5.32 Å². The molecule has 27 heavy (non-hydrogen) atoms. The number of benzene rings is 1. The van der Waals surface area contributed by atoms with E-state index < -0.39 is 0 Å². The zero-order valence-corrected chi connectivity index (χ0v) is 16.9. The predicted molar refractivity (Wildman–Crippen MR) is 110 cm³/mol. The van der Waals surface area contributed by atoms with Gasteiger partial charge in [-0.3, -0.25) is 14.4 Å². The number of aromatic nitrogens is 2. The number of likely N-dealkylation sites (tertiary alicyclic amines) is 1. The predicted octanol–water partition coefficient (Wildman–Crippen LogP) is 3.32. The molecule has 5 nitrogen and oxygen atoms in total. The summed E-state index contributed by atoms with van der Waals surface area (Å²) in [4.78, 5) is 14.8. The molecule has 5 heteroatoms. The number of hydrogen-bond donors (Lipinski definition) is 1. The number of aryl methyl sites for hydroxylation is 3. The minimum Gasteiger partial charge on any atom is -0.355 e. The van der Waals surface area contributed by atoms with Gasteiger partial charge in [0.25, 0.3) is 0 Å². The Hall–Kier alpha value is -2.14. The molecule has 2 heterocycles. The van der Waals surface area contributed by atoms with Gasteiger partial charge in [-0.15, -0.1) is 0 Å². The molecule has 1 fully saturated rings. The smallest absolute Gasteiger partial charge is 0.220 e. The fourth-order valence-corrected chi connectivity index (χ4v) is 3.84. The SMILES string of the molecule is Cc1ccc(-c2nn(C)cc2CCC(=O)NCCN2CCCCC2C)cc1. The first kappa shape index (κ1) is 19.6. The first-order valence-corrected chi connectivity index (χ1v) is 10.1. The van der Waals surface area contributed by atoms with Crippen LogP contribution in [-0.2, 0) is 18.3 Å². The number of nitrogens with one attached hydrogen (secondary N) is 1. The molecule has 146 valence electrons. The second-order valence-electron chi connectivity index (χ2n) is 7.77. The molecule has 1 unspecified atom stereocenters. The van der Waals surface area contributed by atoms with Crippen molar-refractivity contribution in [1.29, 1.82) is 0 Å². The third-order valence-electron chi connectivity index (χ3n) is 5.51. The molecule has 0 spiro atoms. The van der Waals surface area contributed by atoms with E-state index in [1.807, 2.05) is 17.9 Å². The van der Waals surface area contributed by atoms with Gasteiger partial charge >= 0.3 is 0 Å². The lowest BCUT2D eigenvalue weighted by Crippen LogP contribution is -2.42. The largest absolute Gasteiger partial charge is 0.355 e. The second kappa shape index (κ2) is 9.18. The molecular weight excluding hydrogens is 336 g/mol. The van der Waals surface area contributed by atoms with Crippen LogP contribution in [0, 0.1) is 6.92 Å². The van der Waals surface area contributed by atoms with Gasteiger partial charge in [-0.05, 0) is 45.2 Å². The van der Waals surface area contributed by atoms with Crippen LogP contribution in [0.15, 0.2) is 30.5 Å². The standard InChI is InChI=1S/C22H32N4O/c1-17-7-9-19(10-8-17)22-20(16-25(3)24-22)11-12-21(27)23-13-15-26-14-5-4-6-18(26)2/h7-10,16,18H,4-6,11-15H2,1-3H3,(H,23,27). The summed E-state index contributed by atoms with van der Waals surface area (Å²) in [5.74, 6) is 0.123. The molecule has 2 aromatic rings. The molecule has 1 aliphatic heterocycles. The van der Waals surface area contributed by atoms with E-state index in [0.29, 0.717) is 18.9 Å². The number of rotatable bonds is 7. The zero-order valence-electron chi connectivity index (χ0n) is 16.9. The number of carbonyl (C=O) groups is 1. The van der Waals surface area contributed by atoms with Gasteiger partial charge in [0.15, 0.2) is 0 Å². The maximum atomic E-state index is 12.3. The Morgan fingerprint density at radius 2 is 2.04 bits per heavy atom. The third-order valence-corrected chi connectivity index (χ3v) is 5.51. The number of carbonyl (C=O) groups excluding carboxylic acids is 1. The monoisotopic (exact) mass is 368 g/mol. The van der Waals surface area contributed by atoms with E-state index in [0.717, 1.165) is 36.5 Å². The molecule has 1 aromatic heterocycles. The number of amides is 1. The molecule has 1 atom stereocenters. The highest BCUT2D eigenvalue weighted by atomic mass is 16.1. The topological polar surface area (TPSA) is 50.2 Å². The summed E-state index contributed by atoms with van der Waals surface area (Å²) < 4.78 is 1.83. The van der Waals surface area contributed by atoms with Crippen LogP contribution in [0.3, 0.4) is 0 Å². The molecule has 3 rings (SSSR count). The summed E-state index contributed by atoms with van der Waals surface area (Å²) in [7, 11) is 1.93. The van der Waals surface area contributed by atoms with Gasteiger partial charge in [0.2, 0.25) is 5.91 Å². The Balaban J connectivity index is 1.49. The van der Waals surface area contributed by atoms with Crippen molar-refractivity contribution < 1.29 is 4.79 Å². The lowest BCUT2D eigenvalue weighted by molar-refractivity contribution is -0.121. The minimum atomic E-state index is 0.123. The van der Waals surface area contributed by atoms with Gasteiger partial charge in [0.1, 0.15) is 0 Å². The lowest BCUT2D eigenvalue weighted by atomic mass is 10.0. The average Bonchev–Trinajstić information content (AvgIpc) is 3.03. The second-order valence-corrected chi connectivity index (χ2v) is 7.77. The molecule has 0 saturated carbocycles. The first-order chi connectivity index (χ1) is 13.0. The van der Waals surface area contributed by atoms with Crippen LogP contribution in [0.4, 0.5) is 0 Å². The Kier molecular flexibility index (Phi) is 6.67. The van der Waals surface area contributed by atoms with Gasteiger partial charge in [0.05, 0.1) is 5.69 Å². The Bertz CT molecular complexity index is 750. The van der Waals surface area contributed by atoms with Crippen molar-refractivity contribution in [2.24, 2.45) is 7.05 Å². The molecule has 1 N–H and O–H groups in total. The zero-order chi connectivity index (χ0) is 19.2. The van der Waals surface area contributed by atoms with Crippen LogP contribution in [0.2, 0.25) is 0 Å². The molecule has 0 bridgehead atoms. The molecule has 1 aliphatic rings. The van der Waals surface area contributed by atoms with Crippen molar-refractivity contribution in [3.05, 3.63) is 41.6 Å². The summed E-state index contributed by atoms with van der Waals surface area (Å²) in [6.07, 6.45) is 7.12. The fraction of sp³-hybridized carbons (Fsp3) is 0.545. The minimum absolute atomic E-state index is 0.123. The summed E-state index contributed by atoms with van der Waals surface area (Å²) >= 11 is 0. The number of hydrogen-bond acceptors (Lipinski definition) is 3. The quantitative estimate of drug-likeness (QED) is 0.816. The van der Waals surface area contributed by atoms with Gasteiger partial charge in [0, 0.05) is 44.4 Å². The van der Waals surface area contributed by atoms with Crippen LogP contribution in [-0.4, -0.2) is 46.3 Å². The Morgan fingerprint density at radius 1 is 1.26 bits per heavy atom. The van der Waals surface area contributed by atoms with Crippen molar-refractivity contribution in [2.75, 3.05) is 19.6 Å². The van der Waals surface area contributed by atoms with Crippen LogP contribution in [0.1, 0.15) is 43.7 Å². The summed E-state index contributed by atoms with van der Waals surface area (Å²) in [5.41, 5.74) is 4.45. The number of piperidine rings is 1. The fourth-order valence-electron chi connectivity index (χ4n) is 3.84. The van der Waals surface area contributed by atoms with E-state index in [2.05, 4.69) is 53.4 Å². The van der Waals surface area contributed by atoms with Crippen molar-refractivity contribution in [3.63, 3.8) is 0 Å². The van der Waals surface area contributed by atoms with E-state index in [4.69, 9.17) is 0 Å². The lowest BCUT2D eigenvalue weighted by Gasteiger charge is -2.33. The number of nitrogens with zero attached hydrogens (tertiary/aromatic N) is 3. The highest BCUT2D eigenvalue weighted by molar-refractivity contribution is 5.76. The Morgan fingerprint density at radius 3 is 2.78 bits per heavy atom.